The largest absolute Gasteiger partial charge is 0.481 e. The Morgan fingerprint density at radius 1 is 1.59 bits per heavy atom. The minimum atomic E-state index is 0.0921. The van der Waals surface area contributed by atoms with Gasteiger partial charge in [-0.1, -0.05) is 12.1 Å². The average Bonchev–Trinajstić information content (AvgIpc) is 2.36. The third-order valence-electron chi connectivity index (χ3n) is 2.38. The van der Waals surface area contributed by atoms with Crippen molar-refractivity contribution in [3.63, 3.8) is 0 Å². The number of carbonyl (C=O) groups excluding carboxylic acids is 1. The predicted octanol–water partition coefficient (Wildman–Crippen LogP) is 2.01. The van der Waals surface area contributed by atoms with Gasteiger partial charge in [-0.3, -0.25) is 4.79 Å². The van der Waals surface area contributed by atoms with E-state index < -0.39 is 0 Å². The third kappa shape index (κ3) is 4.26. The van der Waals surface area contributed by atoms with E-state index in [4.69, 9.17) is 4.74 Å². The van der Waals surface area contributed by atoms with Gasteiger partial charge in [0.05, 0.1) is 19.3 Å². The number of methoxy groups -OCH3 is 1. The van der Waals surface area contributed by atoms with Crippen molar-refractivity contribution in [3.8, 4) is 5.88 Å². The number of aromatic nitrogens is 1. The smallest absolute Gasteiger partial charge is 0.222 e. The van der Waals surface area contributed by atoms with Gasteiger partial charge in [-0.25, -0.2) is 4.98 Å². The van der Waals surface area contributed by atoms with Crippen LogP contribution in [-0.4, -0.2) is 29.9 Å². The molecule has 0 aliphatic carbocycles. The quantitative estimate of drug-likeness (QED) is 0.707. The van der Waals surface area contributed by atoms with Crippen LogP contribution in [0.1, 0.15) is 18.5 Å². The Balaban J connectivity index is 2.57. The predicted molar refractivity (Wildman–Crippen MR) is 66.7 cm³/mol. The van der Waals surface area contributed by atoms with Gasteiger partial charge in [-0.15, -0.1) is 6.58 Å². The van der Waals surface area contributed by atoms with Crippen LogP contribution < -0.4 is 4.74 Å². The van der Waals surface area contributed by atoms with Crippen LogP contribution in [-0.2, 0) is 11.3 Å². The van der Waals surface area contributed by atoms with Crippen LogP contribution in [0.5, 0.6) is 5.88 Å². The van der Waals surface area contributed by atoms with E-state index in [9.17, 15) is 4.79 Å². The number of rotatable bonds is 6. The molecule has 0 radical (unpaired) electrons. The first-order chi connectivity index (χ1) is 8.17. The lowest BCUT2D eigenvalue weighted by molar-refractivity contribution is -0.130. The van der Waals surface area contributed by atoms with E-state index in [1.807, 2.05) is 12.1 Å². The normalized spacial score (nSPS) is 9.76. The number of nitrogens with zero attached hydrogens (tertiary/aromatic N) is 2. The maximum Gasteiger partial charge on any atom is 0.222 e. The Morgan fingerprint density at radius 2 is 2.35 bits per heavy atom. The molecule has 1 rings (SSSR count). The lowest BCUT2D eigenvalue weighted by Crippen LogP contribution is -2.26. The first-order valence-corrected chi connectivity index (χ1v) is 5.52. The zero-order valence-electron chi connectivity index (χ0n) is 10.3. The van der Waals surface area contributed by atoms with E-state index in [0.717, 1.165) is 5.69 Å². The summed E-state index contributed by atoms with van der Waals surface area (Å²) in [7, 11) is 3.34. The lowest BCUT2D eigenvalue weighted by Gasteiger charge is -2.16. The molecule has 0 fully saturated rings. The van der Waals surface area contributed by atoms with Crippen LogP contribution in [0.25, 0.3) is 0 Å². The van der Waals surface area contributed by atoms with Gasteiger partial charge in [0, 0.05) is 19.5 Å². The fourth-order valence-electron chi connectivity index (χ4n) is 1.41. The number of carbonyl (C=O) groups is 1. The minimum absolute atomic E-state index is 0.0921. The zero-order valence-corrected chi connectivity index (χ0v) is 10.3. The van der Waals surface area contributed by atoms with Crippen molar-refractivity contribution in [1.29, 1.82) is 0 Å². The van der Waals surface area contributed by atoms with Gasteiger partial charge >= 0.3 is 0 Å². The standard InChI is InChI=1S/C13H18N2O2/c1-4-5-9-13(16)15(2)10-11-7-6-8-12(14-11)17-3/h4,6-8H,1,5,9-10H2,2-3H3. The van der Waals surface area contributed by atoms with Crippen molar-refractivity contribution in [2.24, 2.45) is 0 Å². The van der Waals surface area contributed by atoms with Crippen molar-refractivity contribution < 1.29 is 9.53 Å². The molecular weight excluding hydrogens is 216 g/mol. The van der Waals surface area contributed by atoms with Crippen LogP contribution in [0, 0.1) is 0 Å². The summed E-state index contributed by atoms with van der Waals surface area (Å²) in [5, 5.41) is 0. The molecule has 0 aliphatic heterocycles. The maximum atomic E-state index is 11.7. The second kappa shape index (κ2) is 6.68. The molecule has 1 aromatic rings. The molecule has 0 atom stereocenters. The van der Waals surface area contributed by atoms with Crippen LogP contribution in [0.2, 0.25) is 0 Å². The molecule has 0 bridgehead atoms. The number of amides is 1. The highest BCUT2D eigenvalue weighted by Crippen LogP contribution is 2.09. The van der Waals surface area contributed by atoms with E-state index >= 15 is 0 Å². The Bertz CT molecular complexity index is 391. The number of ether oxygens (including phenoxy) is 1. The van der Waals surface area contributed by atoms with Gasteiger partial charge in [0.1, 0.15) is 0 Å². The molecule has 0 unspecified atom stereocenters. The molecule has 92 valence electrons. The zero-order chi connectivity index (χ0) is 12.7. The summed E-state index contributed by atoms with van der Waals surface area (Å²) in [6.07, 6.45) is 2.94. The van der Waals surface area contributed by atoms with Crippen LogP contribution in [0.3, 0.4) is 0 Å². The van der Waals surface area contributed by atoms with Gasteiger partial charge in [-0.05, 0) is 12.5 Å². The number of hydrogen-bond donors (Lipinski definition) is 0. The van der Waals surface area contributed by atoms with E-state index in [2.05, 4.69) is 11.6 Å². The van der Waals surface area contributed by atoms with E-state index in [-0.39, 0.29) is 5.91 Å². The molecule has 0 spiro atoms. The van der Waals surface area contributed by atoms with Crippen LogP contribution in [0.15, 0.2) is 30.9 Å². The number of pyridine rings is 1. The molecule has 17 heavy (non-hydrogen) atoms. The molecule has 0 saturated carbocycles. The summed E-state index contributed by atoms with van der Waals surface area (Å²) < 4.78 is 5.03. The molecule has 1 heterocycles. The van der Waals surface area contributed by atoms with Crippen molar-refractivity contribution in [2.45, 2.75) is 19.4 Å². The second-order valence-electron chi connectivity index (χ2n) is 3.75. The minimum Gasteiger partial charge on any atom is -0.481 e. The third-order valence-corrected chi connectivity index (χ3v) is 2.38. The average molecular weight is 234 g/mol. The van der Waals surface area contributed by atoms with Gasteiger partial charge in [0.2, 0.25) is 11.8 Å². The summed E-state index contributed by atoms with van der Waals surface area (Å²) >= 11 is 0. The molecule has 0 aromatic carbocycles. The second-order valence-corrected chi connectivity index (χ2v) is 3.75. The van der Waals surface area contributed by atoms with E-state index in [0.29, 0.717) is 25.3 Å². The molecule has 4 heteroatoms. The highest BCUT2D eigenvalue weighted by Gasteiger charge is 2.09. The Labute approximate surface area is 102 Å². The first kappa shape index (κ1) is 13.2. The topological polar surface area (TPSA) is 42.4 Å². The molecular formula is C13H18N2O2. The van der Waals surface area contributed by atoms with Gasteiger partial charge in [0.15, 0.2) is 0 Å². The Morgan fingerprint density at radius 3 is 3.00 bits per heavy atom. The lowest BCUT2D eigenvalue weighted by atomic mass is 10.2. The number of hydrogen-bond acceptors (Lipinski definition) is 3. The molecule has 0 saturated heterocycles. The van der Waals surface area contributed by atoms with E-state index in [1.165, 1.54) is 0 Å². The van der Waals surface area contributed by atoms with Crippen molar-refractivity contribution in [3.05, 3.63) is 36.5 Å². The van der Waals surface area contributed by atoms with Gasteiger partial charge in [-0.2, -0.15) is 0 Å². The fourth-order valence-corrected chi connectivity index (χ4v) is 1.41. The highest BCUT2D eigenvalue weighted by molar-refractivity contribution is 5.75. The first-order valence-electron chi connectivity index (χ1n) is 5.52. The summed E-state index contributed by atoms with van der Waals surface area (Å²) in [5.74, 6) is 0.656. The molecule has 0 aliphatic rings. The summed E-state index contributed by atoms with van der Waals surface area (Å²) in [4.78, 5) is 17.6. The van der Waals surface area contributed by atoms with Crippen LogP contribution >= 0.6 is 0 Å². The SMILES string of the molecule is C=CCCC(=O)N(C)Cc1cccc(OC)n1. The van der Waals surface area contributed by atoms with Gasteiger partial charge < -0.3 is 9.64 Å². The highest BCUT2D eigenvalue weighted by atomic mass is 16.5. The molecule has 1 aromatic heterocycles. The maximum absolute atomic E-state index is 11.7. The van der Waals surface area contributed by atoms with E-state index in [1.54, 1.807) is 31.2 Å². The Kier molecular flexibility index (Phi) is 5.20. The fraction of sp³-hybridized carbons (Fsp3) is 0.385. The Hall–Kier alpha value is -1.84. The summed E-state index contributed by atoms with van der Waals surface area (Å²) in [6.45, 7) is 4.09. The summed E-state index contributed by atoms with van der Waals surface area (Å²) in [5.41, 5.74) is 0.818. The van der Waals surface area contributed by atoms with Crippen molar-refractivity contribution >= 4 is 5.91 Å². The molecule has 0 N–H and O–H groups in total. The van der Waals surface area contributed by atoms with Crippen molar-refractivity contribution in [2.75, 3.05) is 14.2 Å². The van der Waals surface area contributed by atoms with Gasteiger partial charge in [0.25, 0.3) is 0 Å². The van der Waals surface area contributed by atoms with Crippen molar-refractivity contribution in [1.82, 2.24) is 9.88 Å². The summed E-state index contributed by atoms with van der Waals surface area (Å²) in [6, 6.07) is 5.52. The monoisotopic (exact) mass is 234 g/mol. The molecule has 4 nitrogen and oxygen atoms in total. The van der Waals surface area contributed by atoms with Crippen LogP contribution in [0.4, 0.5) is 0 Å². The molecule has 1 amide bonds. The number of allylic oxidation sites excluding steroid dienone is 1.